The predicted octanol–water partition coefficient (Wildman–Crippen LogP) is 0.395. The highest BCUT2D eigenvalue weighted by Crippen LogP contribution is 2.26. The van der Waals surface area contributed by atoms with Crippen LogP contribution in [-0.2, 0) is 9.84 Å². The van der Waals surface area contributed by atoms with Crippen LogP contribution in [0.1, 0.15) is 10.4 Å². The molecule has 1 amide bonds. The number of fused-ring (bicyclic) bond motifs is 1. The molecule has 20 heavy (non-hydrogen) atoms. The summed E-state index contributed by atoms with van der Waals surface area (Å²) in [5.41, 5.74) is 2.51. The number of carbonyl (C=O) groups excluding carboxylic acids is 1. The van der Waals surface area contributed by atoms with Crippen LogP contribution in [0.3, 0.4) is 0 Å². The SMILES string of the molecule is O=C(c1ccc2c(c1)NCCN2)N1CCS(=O)(=O)CC1. The van der Waals surface area contributed by atoms with Crippen molar-refractivity contribution in [1.29, 1.82) is 0 Å². The molecule has 0 radical (unpaired) electrons. The number of sulfone groups is 1. The van der Waals surface area contributed by atoms with Crippen LogP contribution < -0.4 is 10.6 Å². The molecule has 1 aromatic rings. The Balaban J connectivity index is 1.77. The quantitative estimate of drug-likeness (QED) is 0.784. The Bertz CT molecular complexity index is 628. The average molecular weight is 295 g/mol. The van der Waals surface area contributed by atoms with Crippen LogP contribution in [0.2, 0.25) is 0 Å². The van der Waals surface area contributed by atoms with Gasteiger partial charge in [-0.3, -0.25) is 4.79 Å². The fourth-order valence-electron chi connectivity index (χ4n) is 2.47. The highest BCUT2D eigenvalue weighted by molar-refractivity contribution is 7.91. The van der Waals surface area contributed by atoms with E-state index in [1.165, 1.54) is 0 Å². The van der Waals surface area contributed by atoms with Gasteiger partial charge in [0.25, 0.3) is 5.91 Å². The molecule has 0 aromatic heterocycles. The number of carbonyl (C=O) groups is 1. The Morgan fingerprint density at radius 1 is 1.05 bits per heavy atom. The summed E-state index contributed by atoms with van der Waals surface area (Å²) in [6.07, 6.45) is 0. The van der Waals surface area contributed by atoms with Gasteiger partial charge in [-0.1, -0.05) is 0 Å². The molecule has 2 N–H and O–H groups in total. The van der Waals surface area contributed by atoms with E-state index in [9.17, 15) is 13.2 Å². The zero-order chi connectivity index (χ0) is 14.2. The zero-order valence-electron chi connectivity index (χ0n) is 11.1. The molecule has 1 aromatic carbocycles. The lowest BCUT2D eigenvalue weighted by Crippen LogP contribution is -2.43. The molecule has 0 bridgehead atoms. The van der Waals surface area contributed by atoms with E-state index in [0.717, 1.165) is 24.5 Å². The predicted molar refractivity (Wildman–Crippen MR) is 78.0 cm³/mol. The van der Waals surface area contributed by atoms with Crippen molar-refractivity contribution in [2.24, 2.45) is 0 Å². The first-order chi connectivity index (χ1) is 9.55. The minimum atomic E-state index is -2.96. The summed E-state index contributed by atoms with van der Waals surface area (Å²) in [4.78, 5) is 14.0. The van der Waals surface area contributed by atoms with Crippen molar-refractivity contribution < 1.29 is 13.2 Å². The van der Waals surface area contributed by atoms with Crippen LogP contribution in [0, 0.1) is 0 Å². The van der Waals surface area contributed by atoms with E-state index in [0.29, 0.717) is 5.56 Å². The number of amides is 1. The van der Waals surface area contributed by atoms with E-state index in [-0.39, 0.29) is 30.5 Å². The third kappa shape index (κ3) is 2.58. The average Bonchev–Trinajstić information content (AvgIpc) is 2.46. The van der Waals surface area contributed by atoms with Crippen molar-refractivity contribution >= 4 is 27.1 Å². The molecule has 108 valence electrons. The summed E-state index contributed by atoms with van der Waals surface area (Å²) < 4.78 is 22.8. The lowest BCUT2D eigenvalue weighted by molar-refractivity contribution is 0.0770. The molecule has 1 saturated heterocycles. The van der Waals surface area contributed by atoms with Crippen LogP contribution >= 0.6 is 0 Å². The van der Waals surface area contributed by atoms with Gasteiger partial charge in [-0.15, -0.1) is 0 Å². The standard InChI is InChI=1S/C13H17N3O3S/c17-13(16-5-7-20(18,19)8-6-16)10-1-2-11-12(9-10)15-4-3-14-11/h1-2,9,14-15H,3-8H2. The minimum absolute atomic E-state index is 0.0590. The molecule has 0 aliphatic carbocycles. The van der Waals surface area contributed by atoms with Crippen molar-refractivity contribution in [3.8, 4) is 0 Å². The number of hydrogen-bond donors (Lipinski definition) is 2. The Labute approximate surface area is 118 Å². The third-order valence-corrected chi connectivity index (χ3v) is 5.26. The summed E-state index contributed by atoms with van der Waals surface area (Å²) >= 11 is 0. The highest BCUT2D eigenvalue weighted by atomic mass is 32.2. The Morgan fingerprint density at radius 3 is 2.40 bits per heavy atom. The number of benzene rings is 1. The number of rotatable bonds is 1. The fraction of sp³-hybridized carbons (Fsp3) is 0.462. The molecule has 6 nitrogen and oxygen atoms in total. The summed E-state index contributed by atoms with van der Waals surface area (Å²) in [5.74, 6) is 0.0162. The summed E-state index contributed by atoms with van der Waals surface area (Å²) in [5, 5.41) is 6.50. The lowest BCUT2D eigenvalue weighted by Gasteiger charge is -2.27. The topological polar surface area (TPSA) is 78.5 Å². The van der Waals surface area contributed by atoms with Gasteiger partial charge in [0.15, 0.2) is 9.84 Å². The molecule has 3 rings (SSSR count). The van der Waals surface area contributed by atoms with Gasteiger partial charge < -0.3 is 15.5 Å². The first kappa shape index (κ1) is 13.2. The molecular weight excluding hydrogens is 278 g/mol. The molecule has 0 spiro atoms. The van der Waals surface area contributed by atoms with Gasteiger partial charge >= 0.3 is 0 Å². The normalized spacial score (nSPS) is 20.5. The maximum absolute atomic E-state index is 12.4. The van der Waals surface area contributed by atoms with Crippen LogP contribution in [-0.4, -0.2) is 56.9 Å². The maximum Gasteiger partial charge on any atom is 0.253 e. The van der Waals surface area contributed by atoms with E-state index in [1.54, 1.807) is 11.0 Å². The van der Waals surface area contributed by atoms with Gasteiger partial charge in [-0.2, -0.15) is 0 Å². The maximum atomic E-state index is 12.4. The van der Waals surface area contributed by atoms with E-state index in [2.05, 4.69) is 10.6 Å². The lowest BCUT2D eigenvalue weighted by atomic mass is 10.1. The monoisotopic (exact) mass is 295 g/mol. The van der Waals surface area contributed by atoms with Crippen molar-refractivity contribution in [3.05, 3.63) is 23.8 Å². The van der Waals surface area contributed by atoms with Crippen molar-refractivity contribution in [1.82, 2.24) is 4.90 Å². The third-order valence-electron chi connectivity index (χ3n) is 3.65. The van der Waals surface area contributed by atoms with E-state index in [4.69, 9.17) is 0 Å². The smallest absolute Gasteiger partial charge is 0.253 e. The molecule has 0 saturated carbocycles. The van der Waals surface area contributed by atoms with Gasteiger partial charge in [0.1, 0.15) is 0 Å². The molecule has 1 fully saturated rings. The van der Waals surface area contributed by atoms with Crippen molar-refractivity contribution in [2.75, 3.05) is 48.3 Å². The van der Waals surface area contributed by atoms with Gasteiger partial charge in [0, 0.05) is 31.7 Å². The highest BCUT2D eigenvalue weighted by Gasteiger charge is 2.26. The first-order valence-corrected chi connectivity index (χ1v) is 8.49. The molecule has 7 heteroatoms. The van der Waals surface area contributed by atoms with Crippen LogP contribution in [0.5, 0.6) is 0 Å². The fourth-order valence-corrected chi connectivity index (χ4v) is 3.67. The number of nitrogens with one attached hydrogen (secondary N) is 2. The molecule has 0 atom stereocenters. The Kier molecular flexibility index (Phi) is 3.29. The van der Waals surface area contributed by atoms with Crippen molar-refractivity contribution in [3.63, 3.8) is 0 Å². The first-order valence-electron chi connectivity index (χ1n) is 6.67. The number of nitrogens with zero attached hydrogens (tertiary/aromatic N) is 1. The van der Waals surface area contributed by atoms with E-state index >= 15 is 0 Å². The van der Waals surface area contributed by atoms with E-state index < -0.39 is 9.84 Å². The van der Waals surface area contributed by atoms with Gasteiger partial charge in [0.05, 0.1) is 22.9 Å². The summed E-state index contributed by atoms with van der Waals surface area (Å²) in [6.45, 7) is 2.25. The van der Waals surface area contributed by atoms with Crippen LogP contribution in [0.4, 0.5) is 11.4 Å². The van der Waals surface area contributed by atoms with E-state index in [1.807, 2.05) is 12.1 Å². The van der Waals surface area contributed by atoms with Gasteiger partial charge in [-0.05, 0) is 18.2 Å². The Hall–Kier alpha value is -1.76. The second-order valence-electron chi connectivity index (χ2n) is 5.06. The largest absolute Gasteiger partial charge is 0.382 e. The molecule has 2 heterocycles. The van der Waals surface area contributed by atoms with Gasteiger partial charge in [-0.25, -0.2) is 8.42 Å². The second-order valence-corrected chi connectivity index (χ2v) is 7.36. The molecule has 2 aliphatic heterocycles. The minimum Gasteiger partial charge on any atom is -0.382 e. The number of hydrogen-bond acceptors (Lipinski definition) is 5. The summed E-state index contributed by atoms with van der Waals surface area (Å²) in [7, 11) is -2.96. The van der Waals surface area contributed by atoms with Crippen molar-refractivity contribution in [2.45, 2.75) is 0 Å². The second kappa shape index (κ2) is 4.97. The molecule has 2 aliphatic rings. The summed E-state index contributed by atoms with van der Waals surface area (Å²) in [6, 6.07) is 5.49. The van der Waals surface area contributed by atoms with Crippen LogP contribution in [0.25, 0.3) is 0 Å². The number of anilines is 2. The zero-order valence-corrected chi connectivity index (χ0v) is 11.9. The van der Waals surface area contributed by atoms with Gasteiger partial charge in [0.2, 0.25) is 0 Å². The molecular formula is C13H17N3O3S. The molecule has 0 unspecified atom stereocenters. The van der Waals surface area contributed by atoms with Crippen LogP contribution in [0.15, 0.2) is 18.2 Å². The Morgan fingerprint density at radius 2 is 1.70 bits per heavy atom.